The van der Waals surface area contributed by atoms with Crippen LogP contribution in [-0.2, 0) is 4.79 Å². The number of carbonyl (C=O) groups is 1. The lowest BCUT2D eigenvalue weighted by atomic mass is 10.0. The second kappa shape index (κ2) is 6.56. The number of nitrogens with one attached hydrogen (secondary N) is 1. The maximum absolute atomic E-state index is 13.7. The number of benzene rings is 1. The number of hydrogen-bond donors (Lipinski definition) is 1. The van der Waals surface area contributed by atoms with Gasteiger partial charge >= 0.3 is 0 Å². The zero-order valence-electron chi connectivity index (χ0n) is 15.1. The van der Waals surface area contributed by atoms with Crippen LogP contribution in [0.25, 0.3) is 11.2 Å². The Hall–Kier alpha value is -2.46. The number of hydrogen-bond acceptors (Lipinski definition) is 4. The van der Waals surface area contributed by atoms with E-state index < -0.39 is 0 Å². The third-order valence-electron chi connectivity index (χ3n) is 5.26. The van der Waals surface area contributed by atoms with Crippen LogP contribution in [0.5, 0.6) is 0 Å². The number of nitrogens with zero attached hydrogens (tertiary/aromatic N) is 4. The second-order valence-electron chi connectivity index (χ2n) is 6.93. The Kier molecular flexibility index (Phi) is 4.13. The summed E-state index contributed by atoms with van der Waals surface area (Å²) < 4.78 is 16.7. The molecule has 0 unspecified atom stereocenters. The number of halogens is 2. The van der Waals surface area contributed by atoms with Crippen LogP contribution in [0.15, 0.2) is 48.4 Å². The van der Waals surface area contributed by atoms with Gasteiger partial charge in [0, 0.05) is 30.5 Å². The van der Waals surface area contributed by atoms with Crippen molar-refractivity contribution in [2.24, 2.45) is 0 Å². The van der Waals surface area contributed by atoms with E-state index in [1.807, 2.05) is 33.9 Å². The number of fused-ring (bicyclic) bond motifs is 2. The van der Waals surface area contributed by atoms with Gasteiger partial charge in [-0.2, -0.15) is 0 Å². The first-order valence-electron chi connectivity index (χ1n) is 8.98. The maximum atomic E-state index is 13.7. The van der Waals surface area contributed by atoms with E-state index in [2.05, 4.69) is 33.0 Å². The molecule has 1 saturated heterocycles. The minimum Gasteiger partial charge on any atom is -0.305 e. The average Bonchev–Trinajstić information content (AvgIpc) is 3.29. The third-order valence-corrected chi connectivity index (χ3v) is 6.06. The van der Waals surface area contributed by atoms with Crippen molar-refractivity contribution in [1.29, 1.82) is 0 Å². The molecular formula is C20H17FIN5O. The summed E-state index contributed by atoms with van der Waals surface area (Å²) in [5.41, 5.74) is 8.04. The van der Waals surface area contributed by atoms with E-state index >= 15 is 0 Å². The molecule has 0 aliphatic carbocycles. The normalized spacial score (nSPS) is 17.0. The summed E-state index contributed by atoms with van der Waals surface area (Å²) in [6.45, 7) is 3.52. The third kappa shape index (κ3) is 2.70. The van der Waals surface area contributed by atoms with Gasteiger partial charge in [-0.15, -0.1) is 0 Å². The number of anilines is 1. The van der Waals surface area contributed by atoms with Crippen molar-refractivity contribution in [2.75, 3.05) is 24.5 Å². The van der Waals surface area contributed by atoms with Crippen molar-refractivity contribution in [3.63, 3.8) is 0 Å². The minimum absolute atomic E-state index is 0.0716. The van der Waals surface area contributed by atoms with Crippen molar-refractivity contribution in [2.45, 2.75) is 6.92 Å². The molecule has 3 aromatic rings. The van der Waals surface area contributed by atoms with Gasteiger partial charge in [0.1, 0.15) is 20.9 Å². The Morgan fingerprint density at radius 3 is 2.89 bits per heavy atom. The molecule has 142 valence electrons. The lowest BCUT2D eigenvalue weighted by molar-refractivity contribution is -0.117. The van der Waals surface area contributed by atoms with Gasteiger partial charge in [-0.05, 0) is 71.0 Å². The van der Waals surface area contributed by atoms with Crippen LogP contribution in [0, 0.1) is 16.4 Å². The molecule has 1 amide bonds. The number of imidazole rings is 1. The molecule has 1 aromatic carbocycles. The fourth-order valence-corrected chi connectivity index (χ4v) is 4.30. The summed E-state index contributed by atoms with van der Waals surface area (Å²) >= 11 is 2.24. The van der Waals surface area contributed by atoms with Crippen LogP contribution in [0.4, 0.5) is 10.1 Å². The van der Waals surface area contributed by atoms with Crippen LogP contribution >= 0.6 is 22.6 Å². The zero-order valence-corrected chi connectivity index (χ0v) is 17.3. The number of hydrazine groups is 1. The summed E-state index contributed by atoms with van der Waals surface area (Å²) in [7, 11) is 0. The number of aromatic nitrogens is 2. The molecule has 0 spiro atoms. The monoisotopic (exact) mass is 489 g/mol. The molecule has 2 aromatic heterocycles. The average molecular weight is 489 g/mol. The van der Waals surface area contributed by atoms with Crippen LogP contribution in [0.3, 0.4) is 0 Å². The van der Waals surface area contributed by atoms with Crippen molar-refractivity contribution in [3.8, 4) is 0 Å². The first kappa shape index (κ1) is 17.6. The Morgan fingerprint density at radius 1 is 1.21 bits per heavy atom. The Balaban J connectivity index is 1.58. The Morgan fingerprint density at radius 2 is 2.07 bits per heavy atom. The van der Waals surface area contributed by atoms with Crippen molar-refractivity contribution in [3.05, 3.63) is 69.1 Å². The molecule has 2 aliphatic rings. The van der Waals surface area contributed by atoms with E-state index in [-0.39, 0.29) is 11.7 Å². The highest BCUT2D eigenvalue weighted by Gasteiger charge is 2.36. The van der Waals surface area contributed by atoms with Gasteiger partial charge in [-0.25, -0.2) is 14.8 Å². The van der Waals surface area contributed by atoms with Crippen molar-refractivity contribution >= 4 is 45.4 Å². The van der Waals surface area contributed by atoms with E-state index in [0.29, 0.717) is 30.9 Å². The molecule has 5 rings (SSSR count). The predicted molar refractivity (Wildman–Crippen MR) is 113 cm³/mol. The molecule has 0 radical (unpaired) electrons. The van der Waals surface area contributed by atoms with Crippen molar-refractivity contribution < 1.29 is 9.18 Å². The summed E-state index contributed by atoms with van der Waals surface area (Å²) in [5.74, 6) is -0.335. The van der Waals surface area contributed by atoms with E-state index in [1.165, 1.54) is 6.07 Å². The van der Waals surface area contributed by atoms with Crippen LogP contribution in [-0.4, -0.2) is 39.9 Å². The number of carbonyl (C=O) groups excluding carboxylic acids is 1. The SMILES string of the molecule is Cc1cc(N2CCN3NCC(c4ccc5ncc(I)n5c4)=C3C2=O)ccc1F. The number of pyridine rings is 1. The molecule has 0 saturated carbocycles. The van der Waals surface area contributed by atoms with E-state index in [4.69, 9.17) is 0 Å². The quantitative estimate of drug-likeness (QED) is 0.563. The van der Waals surface area contributed by atoms with Crippen LogP contribution < -0.4 is 10.3 Å². The number of aryl methyl sites for hydroxylation is 1. The molecule has 2 aliphatic heterocycles. The number of rotatable bonds is 2. The van der Waals surface area contributed by atoms with Gasteiger partial charge in [-0.3, -0.25) is 9.20 Å². The molecule has 1 N–H and O–H groups in total. The molecule has 8 heteroatoms. The first-order chi connectivity index (χ1) is 13.5. The molecule has 0 atom stereocenters. The summed E-state index contributed by atoms with van der Waals surface area (Å²) in [4.78, 5) is 19.4. The van der Waals surface area contributed by atoms with Gasteiger partial charge in [0.25, 0.3) is 5.91 Å². The van der Waals surface area contributed by atoms with Crippen molar-refractivity contribution in [1.82, 2.24) is 19.8 Å². The van der Waals surface area contributed by atoms with E-state index in [0.717, 1.165) is 26.2 Å². The summed E-state index contributed by atoms with van der Waals surface area (Å²) in [5, 5.41) is 1.92. The summed E-state index contributed by atoms with van der Waals surface area (Å²) in [6, 6.07) is 8.77. The fraction of sp³-hybridized carbons (Fsp3) is 0.200. The highest BCUT2D eigenvalue weighted by atomic mass is 127. The molecule has 4 heterocycles. The minimum atomic E-state index is -0.263. The zero-order chi connectivity index (χ0) is 19.4. The maximum Gasteiger partial charge on any atom is 0.276 e. The molecule has 6 nitrogen and oxygen atoms in total. The van der Waals surface area contributed by atoms with Gasteiger partial charge in [0.15, 0.2) is 0 Å². The van der Waals surface area contributed by atoms with E-state index in [9.17, 15) is 9.18 Å². The Bertz CT molecular complexity index is 1150. The standard InChI is InChI=1S/C20H17FIN5O/c1-12-8-14(3-4-16(12)21)25-6-7-27-19(20(25)28)15(9-24-27)13-2-5-18-23-10-17(22)26(18)11-13/h2-5,8,10-11,24H,6-7,9H2,1H3. The van der Waals surface area contributed by atoms with Gasteiger partial charge in [0.2, 0.25) is 0 Å². The fourth-order valence-electron chi connectivity index (χ4n) is 3.78. The lowest BCUT2D eigenvalue weighted by Crippen LogP contribution is -2.50. The molecule has 28 heavy (non-hydrogen) atoms. The highest BCUT2D eigenvalue weighted by Crippen LogP contribution is 2.31. The Labute approximate surface area is 174 Å². The smallest absolute Gasteiger partial charge is 0.276 e. The summed E-state index contributed by atoms with van der Waals surface area (Å²) in [6.07, 6.45) is 3.84. The first-order valence-corrected chi connectivity index (χ1v) is 10.1. The van der Waals surface area contributed by atoms with E-state index in [1.54, 1.807) is 24.0 Å². The number of amides is 1. The predicted octanol–water partition coefficient (Wildman–Crippen LogP) is 2.96. The van der Waals surface area contributed by atoms with Crippen LogP contribution in [0.1, 0.15) is 11.1 Å². The largest absolute Gasteiger partial charge is 0.305 e. The molecular weight excluding hydrogens is 472 g/mol. The van der Waals surface area contributed by atoms with Gasteiger partial charge in [-0.1, -0.05) is 0 Å². The number of piperazine rings is 1. The molecule has 1 fully saturated rings. The topological polar surface area (TPSA) is 52.9 Å². The highest BCUT2D eigenvalue weighted by molar-refractivity contribution is 14.1. The molecule has 0 bridgehead atoms. The second-order valence-corrected chi connectivity index (χ2v) is 8.04. The van der Waals surface area contributed by atoms with Gasteiger partial charge < -0.3 is 9.91 Å². The van der Waals surface area contributed by atoms with Crippen LogP contribution in [0.2, 0.25) is 0 Å². The lowest BCUT2D eigenvalue weighted by Gasteiger charge is -2.35. The van der Waals surface area contributed by atoms with Gasteiger partial charge in [0.05, 0.1) is 12.7 Å².